The van der Waals surface area contributed by atoms with Crippen molar-refractivity contribution in [3.05, 3.63) is 41.7 Å². The molecule has 1 N–H and O–H groups in total. The van der Waals surface area contributed by atoms with Crippen LogP contribution in [-0.2, 0) is 0 Å². The van der Waals surface area contributed by atoms with Crippen LogP contribution >= 0.6 is 11.6 Å². The van der Waals surface area contributed by atoms with Crippen molar-refractivity contribution < 1.29 is 4.79 Å². The zero-order valence-electron chi connectivity index (χ0n) is 12.8. The molecule has 0 radical (unpaired) electrons. The van der Waals surface area contributed by atoms with Crippen molar-refractivity contribution in [2.24, 2.45) is 5.92 Å². The predicted octanol–water partition coefficient (Wildman–Crippen LogP) is 2.86. The molecule has 1 aromatic heterocycles. The summed E-state index contributed by atoms with van der Waals surface area (Å²) in [5.41, 5.74) is 1.84. The van der Waals surface area contributed by atoms with Crippen molar-refractivity contribution in [2.75, 3.05) is 19.6 Å². The average molecular weight is 331 g/mol. The molecule has 0 spiro atoms. The van der Waals surface area contributed by atoms with Gasteiger partial charge < -0.3 is 10.2 Å². The number of fused-ring (bicyclic) bond motifs is 2. The minimum absolute atomic E-state index is 0.161. The van der Waals surface area contributed by atoms with E-state index in [1.807, 2.05) is 24.3 Å². The van der Waals surface area contributed by atoms with Crippen LogP contribution in [0, 0.1) is 5.92 Å². The van der Waals surface area contributed by atoms with Crippen molar-refractivity contribution in [3.63, 3.8) is 0 Å². The Bertz CT molecular complexity index is 717. The number of benzene rings is 1. The van der Waals surface area contributed by atoms with Gasteiger partial charge >= 0.3 is 6.03 Å². The monoisotopic (exact) mass is 330 g/mol. The molecular formula is C17H19ClN4O. The molecule has 1 amide bonds. The number of aromatic nitrogens is 2. The van der Waals surface area contributed by atoms with Crippen molar-refractivity contribution in [1.82, 2.24) is 20.0 Å². The maximum atomic E-state index is 12.4. The third-order valence-corrected chi connectivity index (χ3v) is 4.98. The molecule has 5 nitrogen and oxygen atoms in total. The van der Waals surface area contributed by atoms with Gasteiger partial charge in [0.25, 0.3) is 0 Å². The second-order valence-electron chi connectivity index (χ2n) is 6.48. The zero-order valence-corrected chi connectivity index (χ0v) is 13.5. The van der Waals surface area contributed by atoms with Crippen LogP contribution in [0.2, 0.25) is 5.02 Å². The molecule has 2 aliphatic rings. The third-order valence-electron chi connectivity index (χ3n) is 4.74. The molecule has 1 unspecified atom stereocenters. The van der Waals surface area contributed by atoms with E-state index in [0.29, 0.717) is 5.02 Å². The fraction of sp³-hybridized carbons (Fsp3) is 0.412. The predicted molar refractivity (Wildman–Crippen MR) is 89.6 cm³/mol. The molecule has 3 atom stereocenters. The lowest BCUT2D eigenvalue weighted by atomic mass is 9.97. The number of halogens is 1. The Morgan fingerprint density at radius 2 is 2.22 bits per heavy atom. The van der Waals surface area contributed by atoms with E-state index >= 15 is 0 Å². The first kappa shape index (κ1) is 14.7. The summed E-state index contributed by atoms with van der Waals surface area (Å²) in [7, 11) is 0. The van der Waals surface area contributed by atoms with E-state index in [4.69, 9.17) is 11.6 Å². The summed E-state index contributed by atoms with van der Waals surface area (Å²) in [5.74, 6) is 0.730. The standard InChI is InChI=1S/C17H19ClN4O/c18-15-3-1-2-13(7-15)14-8-19-22(10-14)17(23)20-16-6-12-4-5-21(9-12)11-16/h1-3,7-8,10,12,16H,4-6,9,11H2,(H,20,23)/t12-,16-/m1/s1. The molecule has 23 heavy (non-hydrogen) atoms. The first-order valence-corrected chi connectivity index (χ1v) is 8.39. The van der Waals surface area contributed by atoms with Crippen LogP contribution in [0.15, 0.2) is 36.7 Å². The lowest BCUT2D eigenvalue weighted by molar-refractivity contribution is 0.204. The van der Waals surface area contributed by atoms with Crippen LogP contribution < -0.4 is 5.32 Å². The van der Waals surface area contributed by atoms with Crippen LogP contribution in [0.5, 0.6) is 0 Å². The van der Waals surface area contributed by atoms with Gasteiger partial charge in [-0.1, -0.05) is 23.7 Å². The number of nitrogens with one attached hydrogen (secondary N) is 1. The molecule has 0 saturated carbocycles. The van der Waals surface area contributed by atoms with E-state index in [0.717, 1.165) is 36.6 Å². The van der Waals surface area contributed by atoms with Gasteiger partial charge in [0.1, 0.15) is 0 Å². The minimum Gasteiger partial charge on any atom is -0.332 e. The normalized spacial score (nSPS) is 26.2. The van der Waals surface area contributed by atoms with Crippen molar-refractivity contribution in [2.45, 2.75) is 18.9 Å². The van der Waals surface area contributed by atoms with E-state index in [-0.39, 0.29) is 12.1 Å². The summed E-state index contributed by atoms with van der Waals surface area (Å²) < 4.78 is 1.38. The largest absolute Gasteiger partial charge is 0.342 e. The van der Waals surface area contributed by atoms with E-state index in [1.165, 1.54) is 17.6 Å². The SMILES string of the molecule is O=C(N[C@@H]1C[C@H]2CCN(C2)C1)n1cc(-c2cccc(Cl)c2)cn1. The minimum atomic E-state index is -0.161. The zero-order chi connectivity index (χ0) is 15.8. The van der Waals surface area contributed by atoms with Crippen LogP contribution in [-0.4, -0.2) is 46.4 Å². The van der Waals surface area contributed by atoms with E-state index in [2.05, 4.69) is 15.3 Å². The van der Waals surface area contributed by atoms with Gasteiger partial charge in [-0.25, -0.2) is 4.79 Å². The first-order chi connectivity index (χ1) is 11.2. The number of carbonyl (C=O) groups excluding carboxylic acids is 1. The highest BCUT2D eigenvalue weighted by Gasteiger charge is 2.33. The van der Waals surface area contributed by atoms with Gasteiger partial charge in [0.2, 0.25) is 0 Å². The first-order valence-electron chi connectivity index (χ1n) is 8.01. The molecule has 0 aliphatic carbocycles. The maximum Gasteiger partial charge on any atom is 0.342 e. The Labute approximate surface area is 140 Å². The van der Waals surface area contributed by atoms with E-state index < -0.39 is 0 Å². The number of rotatable bonds is 2. The average Bonchev–Trinajstić information content (AvgIpc) is 3.14. The number of amides is 1. The molecule has 2 aromatic rings. The summed E-state index contributed by atoms with van der Waals surface area (Å²) in [6.07, 6.45) is 5.77. The fourth-order valence-corrected chi connectivity index (χ4v) is 3.85. The van der Waals surface area contributed by atoms with Gasteiger partial charge in [-0.2, -0.15) is 9.78 Å². The topological polar surface area (TPSA) is 50.2 Å². The van der Waals surface area contributed by atoms with Gasteiger partial charge in [0.15, 0.2) is 0 Å². The van der Waals surface area contributed by atoms with Gasteiger partial charge in [-0.05, 0) is 43.0 Å². The smallest absolute Gasteiger partial charge is 0.332 e. The second-order valence-corrected chi connectivity index (χ2v) is 6.92. The Hall–Kier alpha value is -1.85. The van der Waals surface area contributed by atoms with Gasteiger partial charge in [-0.15, -0.1) is 0 Å². The molecule has 2 bridgehead atoms. The van der Waals surface area contributed by atoms with Crippen LogP contribution in [0.3, 0.4) is 0 Å². The summed E-state index contributed by atoms with van der Waals surface area (Å²) >= 11 is 6.02. The second kappa shape index (κ2) is 5.98. The summed E-state index contributed by atoms with van der Waals surface area (Å²) in [6.45, 7) is 3.30. The molecular weight excluding hydrogens is 312 g/mol. The Kier molecular flexibility index (Phi) is 3.83. The van der Waals surface area contributed by atoms with Crippen molar-refractivity contribution in [3.8, 4) is 11.1 Å². The number of piperidine rings is 1. The highest BCUT2D eigenvalue weighted by Crippen LogP contribution is 2.27. The number of nitrogens with zero attached hydrogens (tertiary/aromatic N) is 3. The maximum absolute atomic E-state index is 12.4. The number of carbonyl (C=O) groups is 1. The quantitative estimate of drug-likeness (QED) is 0.921. The van der Waals surface area contributed by atoms with Gasteiger partial charge in [0.05, 0.1) is 6.20 Å². The van der Waals surface area contributed by atoms with Crippen LogP contribution in [0.25, 0.3) is 11.1 Å². The molecule has 4 rings (SSSR count). The van der Waals surface area contributed by atoms with E-state index in [9.17, 15) is 4.79 Å². The fourth-order valence-electron chi connectivity index (χ4n) is 3.66. The lowest BCUT2D eigenvalue weighted by Crippen LogP contribution is -2.48. The lowest BCUT2D eigenvalue weighted by Gasteiger charge is -2.30. The Morgan fingerprint density at radius 1 is 1.30 bits per heavy atom. The molecule has 2 fully saturated rings. The number of hydrogen-bond acceptors (Lipinski definition) is 3. The number of hydrogen-bond donors (Lipinski definition) is 1. The van der Waals surface area contributed by atoms with Crippen molar-refractivity contribution in [1.29, 1.82) is 0 Å². The summed E-state index contributed by atoms with van der Waals surface area (Å²) in [6, 6.07) is 7.61. The molecule has 3 heterocycles. The molecule has 2 saturated heterocycles. The third kappa shape index (κ3) is 3.12. The highest BCUT2D eigenvalue weighted by molar-refractivity contribution is 6.30. The van der Waals surface area contributed by atoms with Gasteiger partial charge in [0, 0.05) is 35.9 Å². The summed E-state index contributed by atoms with van der Waals surface area (Å²) in [5, 5.41) is 7.97. The molecule has 120 valence electrons. The van der Waals surface area contributed by atoms with Gasteiger partial charge in [-0.3, -0.25) is 0 Å². The summed E-state index contributed by atoms with van der Waals surface area (Å²) in [4.78, 5) is 14.8. The highest BCUT2D eigenvalue weighted by atomic mass is 35.5. The Morgan fingerprint density at radius 3 is 3.04 bits per heavy atom. The van der Waals surface area contributed by atoms with Crippen LogP contribution in [0.4, 0.5) is 4.79 Å². The Balaban J connectivity index is 1.45. The van der Waals surface area contributed by atoms with Crippen LogP contribution in [0.1, 0.15) is 12.8 Å². The van der Waals surface area contributed by atoms with Crippen molar-refractivity contribution >= 4 is 17.6 Å². The molecule has 6 heteroatoms. The molecule has 1 aromatic carbocycles. The van der Waals surface area contributed by atoms with E-state index in [1.54, 1.807) is 12.4 Å². The molecule has 2 aliphatic heterocycles.